The number of sulfonamides is 1. The van der Waals surface area contributed by atoms with E-state index >= 15 is 0 Å². The quantitative estimate of drug-likeness (QED) is 0.571. The van der Waals surface area contributed by atoms with Crippen LogP contribution in [-0.2, 0) is 21.2 Å². The largest absolute Gasteiger partial charge is 0.377 e. The topological polar surface area (TPSA) is 46.6 Å². The Balaban J connectivity index is 1.93. The van der Waals surface area contributed by atoms with Crippen molar-refractivity contribution in [3.05, 3.63) is 29.7 Å². The van der Waals surface area contributed by atoms with Gasteiger partial charge in [0.05, 0.1) is 6.61 Å². The van der Waals surface area contributed by atoms with Gasteiger partial charge in [0.2, 0.25) is 0 Å². The lowest BCUT2D eigenvalue weighted by molar-refractivity contribution is 0.0983. The van der Waals surface area contributed by atoms with Gasteiger partial charge in [-0.15, -0.1) is 17.9 Å². The second kappa shape index (κ2) is 7.54. The Labute approximate surface area is 131 Å². The number of nitrogens with zero attached hydrogens (tertiary/aromatic N) is 1. The molecule has 0 saturated carbocycles. The van der Waals surface area contributed by atoms with Crippen LogP contribution in [0.5, 0.6) is 0 Å². The fourth-order valence-electron chi connectivity index (χ4n) is 2.45. The summed E-state index contributed by atoms with van der Waals surface area (Å²) in [5, 5.41) is 0. The first-order valence-corrected chi connectivity index (χ1v) is 9.61. The lowest BCUT2D eigenvalue weighted by Gasteiger charge is -2.30. The van der Waals surface area contributed by atoms with Gasteiger partial charge in [0.1, 0.15) is 4.21 Å². The molecule has 2 rings (SSSR count). The maximum absolute atomic E-state index is 12.6. The first-order valence-electron chi connectivity index (χ1n) is 7.35. The van der Waals surface area contributed by atoms with E-state index in [1.807, 2.05) is 13.0 Å². The minimum Gasteiger partial charge on any atom is -0.377 e. The Morgan fingerprint density at radius 2 is 2.14 bits per heavy atom. The lowest BCUT2D eigenvalue weighted by atomic mass is 9.99. The van der Waals surface area contributed by atoms with E-state index in [1.165, 1.54) is 11.3 Å². The maximum Gasteiger partial charge on any atom is 0.252 e. The van der Waals surface area contributed by atoms with Crippen LogP contribution in [0.25, 0.3) is 0 Å². The van der Waals surface area contributed by atoms with Crippen molar-refractivity contribution in [1.82, 2.24) is 4.31 Å². The van der Waals surface area contributed by atoms with Gasteiger partial charge in [-0.05, 0) is 37.3 Å². The standard InChI is InChI=1S/C15H23NO3S2/c1-3-11-19-12-13-7-9-16(10-8-13)21(17,18)15-6-5-14(4-2)20-15/h3,5-6,13H,1,4,7-12H2,2H3. The summed E-state index contributed by atoms with van der Waals surface area (Å²) in [5.41, 5.74) is 0. The van der Waals surface area contributed by atoms with E-state index in [2.05, 4.69) is 6.58 Å². The molecule has 0 amide bonds. The minimum absolute atomic E-state index is 0.450. The fourth-order valence-corrected chi connectivity index (χ4v) is 5.37. The first kappa shape index (κ1) is 16.7. The van der Waals surface area contributed by atoms with E-state index in [9.17, 15) is 8.42 Å². The van der Waals surface area contributed by atoms with Crippen LogP contribution in [0.4, 0.5) is 0 Å². The second-order valence-corrected chi connectivity index (χ2v) is 8.58. The zero-order valence-corrected chi connectivity index (χ0v) is 14.1. The number of rotatable bonds is 7. The third kappa shape index (κ3) is 4.16. The van der Waals surface area contributed by atoms with Crippen LogP contribution in [-0.4, -0.2) is 39.0 Å². The zero-order chi connectivity index (χ0) is 15.3. The highest BCUT2D eigenvalue weighted by atomic mass is 32.2. The summed E-state index contributed by atoms with van der Waals surface area (Å²) < 4.78 is 32.7. The van der Waals surface area contributed by atoms with Crippen LogP contribution in [0, 0.1) is 5.92 Å². The average molecular weight is 329 g/mol. The Morgan fingerprint density at radius 3 is 2.71 bits per heavy atom. The highest BCUT2D eigenvalue weighted by Crippen LogP contribution is 2.28. The van der Waals surface area contributed by atoms with Crippen LogP contribution in [0.2, 0.25) is 0 Å². The summed E-state index contributed by atoms with van der Waals surface area (Å²) in [6.45, 7) is 8.09. The normalized spacial score (nSPS) is 18.0. The predicted molar refractivity (Wildman–Crippen MR) is 86.2 cm³/mol. The van der Waals surface area contributed by atoms with Crippen molar-refractivity contribution >= 4 is 21.4 Å². The summed E-state index contributed by atoms with van der Waals surface area (Å²) in [5.74, 6) is 0.450. The molecular formula is C15H23NO3S2. The van der Waals surface area contributed by atoms with Crippen molar-refractivity contribution in [3.63, 3.8) is 0 Å². The summed E-state index contributed by atoms with van der Waals surface area (Å²) in [6, 6.07) is 3.64. The van der Waals surface area contributed by atoms with Crippen molar-refractivity contribution in [2.75, 3.05) is 26.3 Å². The van der Waals surface area contributed by atoms with E-state index in [-0.39, 0.29) is 0 Å². The van der Waals surface area contributed by atoms with Gasteiger partial charge in [0, 0.05) is 24.6 Å². The Bertz CT molecular complexity index is 557. The van der Waals surface area contributed by atoms with Crippen LogP contribution >= 0.6 is 11.3 Å². The van der Waals surface area contributed by atoms with Crippen molar-refractivity contribution in [2.24, 2.45) is 5.92 Å². The molecule has 0 radical (unpaired) electrons. The van der Waals surface area contributed by atoms with Gasteiger partial charge in [0.25, 0.3) is 10.0 Å². The predicted octanol–water partition coefficient (Wildman–Crippen LogP) is 2.91. The molecule has 4 nitrogen and oxygen atoms in total. The molecule has 21 heavy (non-hydrogen) atoms. The molecule has 0 bridgehead atoms. The summed E-state index contributed by atoms with van der Waals surface area (Å²) >= 11 is 1.39. The number of aryl methyl sites for hydroxylation is 1. The maximum atomic E-state index is 12.6. The first-order chi connectivity index (χ1) is 10.1. The third-order valence-corrected chi connectivity index (χ3v) is 7.34. The highest BCUT2D eigenvalue weighted by Gasteiger charge is 2.30. The number of hydrogen-bond donors (Lipinski definition) is 0. The molecule has 1 aliphatic heterocycles. The molecular weight excluding hydrogens is 306 g/mol. The smallest absolute Gasteiger partial charge is 0.252 e. The molecule has 1 aromatic rings. The Morgan fingerprint density at radius 1 is 1.43 bits per heavy atom. The average Bonchev–Trinajstić information content (AvgIpc) is 2.98. The molecule has 2 heterocycles. The Hall–Kier alpha value is -0.690. The van der Waals surface area contributed by atoms with Gasteiger partial charge in [-0.2, -0.15) is 4.31 Å². The van der Waals surface area contributed by atoms with Crippen LogP contribution in [0.15, 0.2) is 29.0 Å². The molecule has 118 valence electrons. The molecule has 0 aliphatic carbocycles. The van der Waals surface area contributed by atoms with E-state index in [0.717, 1.165) is 24.1 Å². The molecule has 1 fully saturated rings. The Kier molecular flexibility index (Phi) is 5.98. The summed E-state index contributed by atoms with van der Waals surface area (Å²) in [6.07, 6.45) is 4.34. The van der Waals surface area contributed by atoms with Crippen molar-refractivity contribution in [2.45, 2.75) is 30.4 Å². The van der Waals surface area contributed by atoms with Gasteiger partial charge < -0.3 is 4.74 Å². The van der Waals surface area contributed by atoms with E-state index in [1.54, 1.807) is 16.4 Å². The van der Waals surface area contributed by atoms with Crippen molar-refractivity contribution in [1.29, 1.82) is 0 Å². The molecule has 0 N–H and O–H groups in total. The van der Waals surface area contributed by atoms with E-state index in [0.29, 0.717) is 36.4 Å². The third-order valence-electron chi connectivity index (χ3n) is 3.74. The second-order valence-electron chi connectivity index (χ2n) is 5.25. The van der Waals surface area contributed by atoms with Gasteiger partial charge >= 0.3 is 0 Å². The molecule has 1 aromatic heterocycles. The molecule has 0 aromatic carbocycles. The van der Waals surface area contributed by atoms with Crippen LogP contribution in [0.1, 0.15) is 24.6 Å². The van der Waals surface area contributed by atoms with Gasteiger partial charge in [-0.1, -0.05) is 13.0 Å². The van der Waals surface area contributed by atoms with Crippen molar-refractivity contribution in [3.8, 4) is 0 Å². The minimum atomic E-state index is -3.31. The highest BCUT2D eigenvalue weighted by molar-refractivity contribution is 7.91. The number of hydrogen-bond acceptors (Lipinski definition) is 4. The number of thiophene rings is 1. The van der Waals surface area contributed by atoms with Crippen molar-refractivity contribution < 1.29 is 13.2 Å². The molecule has 0 atom stereocenters. The van der Waals surface area contributed by atoms with Crippen LogP contribution < -0.4 is 0 Å². The molecule has 1 saturated heterocycles. The van der Waals surface area contributed by atoms with E-state index in [4.69, 9.17) is 4.74 Å². The SMILES string of the molecule is C=CCOCC1CCN(S(=O)(=O)c2ccc(CC)s2)CC1. The van der Waals surface area contributed by atoms with Gasteiger partial charge in [-0.25, -0.2) is 8.42 Å². The molecule has 6 heteroatoms. The fraction of sp³-hybridized carbons (Fsp3) is 0.600. The van der Waals surface area contributed by atoms with Gasteiger partial charge in [-0.3, -0.25) is 0 Å². The monoisotopic (exact) mass is 329 g/mol. The summed E-state index contributed by atoms with van der Waals surface area (Å²) in [7, 11) is -3.31. The number of piperidine rings is 1. The molecule has 0 unspecified atom stereocenters. The lowest BCUT2D eigenvalue weighted by Crippen LogP contribution is -2.39. The zero-order valence-electron chi connectivity index (χ0n) is 12.5. The van der Waals surface area contributed by atoms with E-state index < -0.39 is 10.0 Å². The van der Waals surface area contributed by atoms with Gasteiger partial charge in [0.15, 0.2) is 0 Å². The number of ether oxygens (including phenoxy) is 1. The van der Waals surface area contributed by atoms with Crippen LogP contribution in [0.3, 0.4) is 0 Å². The molecule has 0 spiro atoms. The summed E-state index contributed by atoms with van der Waals surface area (Å²) in [4.78, 5) is 1.11. The molecule has 1 aliphatic rings.